The Morgan fingerprint density at radius 2 is 1.83 bits per heavy atom. The number of hydrogen-bond donors (Lipinski definition) is 1. The Balaban J connectivity index is 2.09. The van der Waals surface area contributed by atoms with Crippen LogP contribution in [0.15, 0.2) is 18.2 Å². The Hall–Kier alpha value is -0.780. The largest absolute Gasteiger partial charge is 0.274 e. The van der Waals surface area contributed by atoms with Crippen molar-refractivity contribution in [1.82, 2.24) is 4.72 Å². The van der Waals surface area contributed by atoms with Crippen molar-refractivity contribution in [2.45, 2.75) is 12.3 Å². The number of benzene rings is 1. The molecule has 0 bridgehead atoms. The lowest BCUT2D eigenvalue weighted by Crippen LogP contribution is -2.30. The van der Waals surface area contributed by atoms with E-state index in [4.69, 9.17) is 23.2 Å². The van der Waals surface area contributed by atoms with Crippen LogP contribution in [0.1, 0.15) is 17.9 Å². The summed E-state index contributed by atoms with van der Waals surface area (Å²) in [5, 5.41) is 1.01. The number of carbonyl (C=O) groups excluding carboxylic acids is 1. The first kappa shape index (κ1) is 13.6. The van der Waals surface area contributed by atoms with Gasteiger partial charge < -0.3 is 0 Å². The smallest absolute Gasteiger partial charge is 0.237 e. The predicted molar refractivity (Wildman–Crippen MR) is 70.3 cm³/mol. The first-order valence-corrected chi connectivity index (χ1v) is 7.88. The summed E-state index contributed by atoms with van der Waals surface area (Å²) in [5.74, 6) is -0.809. The second-order valence-electron chi connectivity index (χ2n) is 4.39. The zero-order chi connectivity index (χ0) is 13.5. The highest BCUT2D eigenvalue weighted by Gasteiger charge is 2.44. The minimum absolute atomic E-state index is 0.0112. The summed E-state index contributed by atoms with van der Waals surface area (Å²) in [6.45, 7) is 0. The van der Waals surface area contributed by atoms with Crippen LogP contribution in [0.2, 0.25) is 10.0 Å². The summed E-state index contributed by atoms with van der Waals surface area (Å²) in [4.78, 5) is 11.6. The van der Waals surface area contributed by atoms with Gasteiger partial charge in [0.25, 0.3) is 0 Å². The van der Waals surface area contributed by atoms with Gasteiger partial charge in [0.15, 0.2) is 0 Å². The van der Waals surface area contributed by atoms with Gasteiger partial charge in [-0.3, -0.25) is 9.52 Å². The summed E-state index contributed by atoms with van der Waals surface area (Å²) in [6.07, 6.45) is 1.57. The molecule has 1 saturated carbocycles. The van der Waals surface area contributed by atoms with Gasteiger partial charge >= 0.3 is 0 Å². The Morgan fingerprint density at radius 1 is 1.28 bits per heavy atom. The normalized spacial score (nSPS) is 22.6. The van der Waals surface area contributed by atoms with Crippen molar-refractivity contribution in [2.75, 3.05) is 6.26 Å². The maximum atomic E-state index is 11.6. The van der Waals surface area contributed by atoms with Crippen molar-refractivity contribution < 1.29 is 13.2 Å². The molecule has 18 heavy (non-hydrogen) atoms. The number of hydrogen-bond acceptors (Lipinski definition) is 3. The van der Waals surface area contributed by atoms with Crippen LogP contribution in [0.25, 0.3) is 0 Å². The molecular formula is C11H11Cl2NO3S. The molecule has 0 heterocycles. The van der Waals surface area contributed by atoms with Crippen LogP contribution in [0, 0.1) is 5.92 Å². The molecule has 1 aromatic rings. The van der Waals surface area contributed by atoms with E-state index >= 15 is 0 Å². The summed E-state index contributed by atoms with van der Waals surface area (Å²) in [7, 11) is -3.50. The van der Waals surface area contributed by atoms with Crippen molar-refractivity contribution in [1.29, 1.82) is 0 Å². The monoisotopic (exact) mass is 307 g/mol. The van der Waals surface area contributed by atoms with Gasteiger partial charge in [-0.25, -0.2) is 8.42 Å². The molecule has 1 N–H and O–H groups in total. The summed E-state index contributed by atoms with van der Waals surface area (Å²) in [5.41, 5.74) is 0.862. The van der Waals surface area contributed by atoms with Crippen molar-refractivity contribution >= 4 is 39.1 Å². The first-order chi connectivity index (χ1) is 8.26. The molecule has 4 nitrogen and oxygen atoms in total. The molecule has 7 heteroatoms. The van der Waals surface area contributed by atoms with Crippen LogP contribution in [-0.2, 0) is 14.8 Å². The van der Waals surface area contributed by atoms with E-state index in [1.54, 1.807) is 18.2 Å². The molecule has 0 radical (unpaired) electrons. The number of carbonyl (C=O) groups is 1. The third-order valence-electron chi connectivity index (χ3n) is 2.73. The van der Waals surface area contributed by atoms with Gasteiger partial charge in [-0.15, -0.1) is 0 Å². The standard InChI is InChI=1S/C11H11Cl2NO3S/c1-18(16,17)14-11(15)10-5-9(10)6-2-7(12)4-8(13)3-6/h2-4,9-10H,5H2,1H3,(H,14,15). The molecule has 98 valence electrons. The summed E-state index contributed by atoms with van der Waals surface area (Å²) >= 11 is 11.7. The zero-order valence-electron chi connectivity index (χ0n) is 9.48. The Morgan fingerprint density at radius 3 is 2.33 bits per heavy atom. The minimum Gasteiger partial charge on any atom is -0.274 e. The number of rotatable bonds is 3. The van der Waals surface area contributed by atoms with Gasteiger partial charge in [-0.2, -0.15) is 0 Å². The van der Waals surface area contributed by atoms with Crippen LogP contribution in [-0.4, -0.2) is 20.6 Å². The fourth-order valence-corrected chi connectivity index (χ4v) is 2.96. The Bertz CT molecular complexity index is 580. The van der Waals surface area contributed by atoms with E-state index in [-0.39, 0.29) is 11.8 Å². The van der Waals surface area contributed by atoms with Crippen molar-refractivity contribution in [3.8, 4) is 0 Å². The molecule has 2 atom stereocenters. The van der Waals surface area contributed by atoms with E-state index in [9.17, 15) is 13.2 Å². The molecule has 0 aliphatic heterocycles. The second-order valence-corrected chi connectivity index (χ2v) is 7.01. The molecule has 2 unspecified atom stereocenters. The third-order valence-corrected chi connectivity index (χ3v) is 3.73. The van der Waals surface area contributed by atoms with Crippen LogP contribution < -0.4 is 4.72 Å². The number of amides is 1. The van der Waals surface area contributed by atoms with Crippen LogP contribution >= 0.6 is 23.2 Å². The second kappa shape index (κ2) is 4.72. The predicted octanol–water partition coefficient (Wildman–Crippen LogP) is 2.17. The van der Waals surface area contributed by atoms with Gasteiger partial charge in [-0.1, -0.05) is 23.2 Å². The van der Waals surface area contributed by atoms with E-state index in [0.717, 1.165) is 11.8 Å². The summed E-state index contributed by atoms with van der Waals surface area (Å²) in [6, 6.07) is 5.10. The summed E-state index contributed by atoms with van der Waals surface area (Å²) < 4.78 is 23.9. The maximum absolute atomic E-state index is 11.6. The van der Waals surface area contributed by atoms with E-state index in [1.165, 1.54) is 0 Å². The number of sulfonamides is 1. The number of nitrogens with one attached hydrogen (secondary N) is 1. The Kier molecular flexibility index (Phi) is 3.58. The highest BCUT2D eigenvalue weighted by Crippen LogP contribution is 2.48. The SMILES string of the molecule is CS(=O)(=O)NC(=O)C1CC1c1cc(Cl)cc(Cl)c1. The molecule has 1 aliphatic carbocycles. The fourth-order valence-electron chi connectivity index (χ4n) is 1.90. The Labute approximate surface area is 115 Å². The van der Waals surface area contributed by atoms with Crippen LogP contribution in [0.4, 0.5) is 0 Å². The van der Waals surface area contributed by atoms with Gasteiger partial charge in [0.05, 0.1) is 6.26 Å². The highest BCUT2D eigenvalue weighted by molar-refractivity contribution is 7.89. The van der Waals surface area contributed by atoms with Crippen molar-refractivity contribution in [2.24, 2.45) is 5.92 Å². The van der Waals surface area contributed by atoms with Gasteiger partial charge in [0.2, 0.25) is 15.9 Å². The topological polar surface area (TPSA) is 63.2 Å². The fraction of sp³-hybridized carbons (Fsp3) is 0.364. The van der Waals surface area contributed by atoms with Crippen LogP contribution in [0.3, 0.4) is 0 Å². The van der Waals surface area contributed by atoms with Gasteiger partial charge in [0, 0.05) is 16.0 Å². The van der Waals surface area contributed by atoms with E-state index < -0.39 is 15.9 Å². The molecular weight excluding hydrogens is 297 g/mol. The number of halogens is 2. The van der Waals surface area contributed by atoms with Crippen molar-refractivity contribution in [3.05, 3.63) is 33.8 Å². The first-order valence-electron chi connectivity index (χ1n) is 5.24. The maximum Gasteiger partial charge on any atom is 0.237 e. The van der Waals surface area contributed by atoms with Gasteiger partial charge in [0.1, 0.15) is 0 Å². The molecule has 1 fully saturated rings. The lowest BCUT2D eigenvalue weighted by Gasteiger charge is -2.03. The zero-order valence-corrected chi connectivity index (χ0v) is 11.8. The van der Waals surface area contributed by atoms with Gasteiger partial charge in [-0.05, 0) is 36.1 Å². The third kappa shape index (κ3) is 3.37. The molecule has 1 amide bonds. The van der Waals surface area contributed by atoms with Crippen LogP contribution in [0.5, 0.6) is 0 Å². The average molecular weight is 308 g/mol. The molecule has 1 aliphatic rings. The van der Waals surface area contributed by atoms with E-state index in [2.05, 4.69) is 0 Å². The minimum atomic E-state index is -3.50. The van der Waals surface area contributed by atoms with Crippen molar-refractivity contribution in [3.63, 3.8) is 0 Å². The molecule has 0 saturated heterocycles. The van der Waals surface area contributed by atoms with E-state index in [0.29, 0.717) is 16.5 Å². The highest BCUT2D eigenvalue weighted by atomic mass is 35.5. The molecule has 1 aromatic carbocycles. The molecule has 0 aromatic heterocycles. The molecule has 2 rings (SSSR count). The lowest BCUT2D eigenvalue weighted by atomic mass is 10.1. The quantitative estimate of drug-likeness (QED) is 0.931. The lowest BCUT2D eigenvalue weighted by molar-refractivity contribution is -0.120. The average Bonchev–Trinajstić information content (AvgIpc) is 2.91. The molecule has 0 spiro atoms. The van der Waals surface area contributed by atoms with E-state index in [1.807, 2.05) is 4.72 Å².